The van der Waals surface area contributed by atoms with Gasteiger partial charge in [0.25, 0.3) is 0 Å². The van der Waals surface area contributed by atoms with Crippen LogP contribution in [0.2, 0.25) is 0 Å². The van der Waals surface area contributed by atoms with Crippen LogP contribution in [0.3, 0.4) is 0 Å². The van der Waals surface area contributed by atoms with Gasteiger partial charge in [0.05, 0.1) is 22.4 Å². The van der Waals surface area contributed by atoms with Crippen molar-refractivity contribution < 1.29 is 0 Å². The first-order chi connectivity index (χ1) is 28.8. The average molecular weight is 746 g/mol. The zero-order valence-corrected chi connectivity index (χ0v) is 32.4. The number of aromatic nitrogens is 1. The second-order valence-electron chi connectivity index (χ2n) is 16.4. The molecule has 3 atom stereocenters. The monoisotopic (exact) mass is 745 g/mol. The SMILES string of the molecule is c1ccc(N(c2ccccc2)c2cccc3c2C24c5c(cccc5N(c5ccccc5)c5ccc6c(c5)c5ccccc5n6-c5ccccc5)CC2CCC4C3)cc1. The summed E-state index contributed by atoms with van der Waals surface area (Å²) >= 11 is 0. The van der Waals surface area contributed by atoms with Crippen molar-refractivity contribution in [1.29, 1.82) is 0 Å². The lowest BCUT2D eigenvalue weighted by atomic mass is 9.68. The summed E-state index contributed by atoms with van der Waals surface area (Å²) in [7, 11) is 0. The van der Waals surface area contributed by atoms with Gasteiger partial charge >= 0.3 is 0 Å². The second-order valence-corrected chi connectivity index (χ2v) is 16.4. The first kappa shape index (κ1) is 33.3. The molecule has 12 rings (SSSR count). The zero-order valence-electron chi connectivity index (χ0n) is 32.4. The van der Waals surface area contributed by atoms with Gasteiger partial charge in [-0.15, -0.1) is 0 Å². The molecule has 58 heavy (non-hydrogen) atoms. The molecule has 1 heterocycles. The molecule has 3 aliphatic rings. The molecule has 0 amide bonds. The molecule has 0 saturated heterocycles. The van der Waals surface area contributed by atoms with Crippen LogP contribution in [0, 0.1) is 11.8 Å². The van der Waals surface area contributed by atoms with E-state index >= 15 is 0 Å². The first-order valence-corrected chi connectivity index (χ1v) is 20.9. The van der Waals surface area contributed by atoms with Crippen molar-refractivity contribution in [3.63, 3.8) is 0 Å². The Kier molecular flexibility index (Phi) is 7.53. The van der Waals surface area contributed by atoms with E-state index in [9.17, 15) is 0 Å². The van der Waals surface area contributed by atoms with E-state index in [-0.39, 0.29) is 5.41 Å². The van der Waals surface area contributed by atoms with Gasteiger partial charge in [0.15, 0.2) is 0 Å². The van der Waals surface area contributed by atoms with Crippen molar-refractivity contribution in [3.05, 3.63) is 222 Å². The summed E-state index contributed by atoms with van der Waals surface area (Å²) in [6, 6.07) is 74.1. The molecule has 1 fully saturated rings. The van der Waals surface area contributed by atoms with E-state index in [1.165, 1.54) is 96.7 Å². The minimum atomic E-state index is -0.111. The number of nitrogens with zero attached hydrogens (tertiary/aromatic N) is 3. The molecule has 0 N–H and O–H groups in total. The Morgan fingerprint density at radius 1 is 0.397 bits per heavy atom. The van der Waals surface area contributed by atoms with Crippen molar-refractivity contribution in [2.75, 3.05) is 9.80 Å². The van der Waals surface area contributed by atoms with Crippen LogP contribution >= 0.6 is 0 Å². The Hall–Kier alpha value is -6.84. The van der Waals surface area contributed by atoms with Crippen molar-refractivity contribution in [2.45, 2.75) is 31.1 Å². The Morgan fingerprint density at radius 3 is 1.41 bits per heavy atom. The van der Waals surface area contributed by atoms with Gasteiger partial charge in [0, 0.05) is 44.6 Å². The quantitative estimate of drug-likeness (QED) is 0.161. The predicted molar refractivity (Wildman–Crippen MR) is 241 cm³/mol. The molecule has 1 saturated carbocycles. The molecule has 3 heteroatoms. The fourth-order valence-corrected chi connectivity index (χ4v) is 11.6. The fraction of sp³-hybridized carbons (Fsp3) is 0.127. The standard InChI is InChI=1S/C55H43N3/c1-5-19-42(20-6-1)56(43-21-7-2-8-22-43)51-29-15-17-38-35-40-31-32-41-36-39-18-16-30-52(54(39)55(40,41)53(38)51)57(44-23-9-3-10-24-44)46-33-34-50-48(37-46)47-27-13-14-28-49(47)58(50)45-25-11-4-12-26-45/h1-30,33-34,37,40-41H,31-32,35-36H2. The Morgan fingerprint density at radius 2 is 0.862 bits per heavy atom. The lowest BCUT2D eigenvalue weighted by Crippen LogP contribution is -2.34. The number of anilines is 6. The van der Waals surface area contributed by atoms with Crippen LogP contribution < -0.4 is 9.80 Å². The lowest BCUT2D eigenvalue weighted by Gasteiger charge is -2.40. The fourth-order valence-electron chi connectivity index (χ4n) is 11.6. The summed E-state index contributed by atoms with van der Waals surface area (Å²) in [4.78, 5) is 5.10. The van der Waals surface area contributed by atoms with E-state index in [1.54, 1.807) is 0 Å². The van der Waals surface area contributed by atoms with Crippen molar-refractivity contribution in [1.82, 2.24) is 4.57 Å². The largest absolute Gasteiger partial charge is 0.310 e. The molecule has 278 valence electrons. The maximum Gasteiger partial charge on any atom is 0.0542 e. The zero-order chi connectivity index (χ0) is 38.2. The van der Waals surface area contributed by atoms with E-state index in [0.29, 0.717) is 11.8 Å². The lowest BCUT2D eigenvalue weighted by molar-refractivity contribution is 0.350. The smallest absolute Gasteiger partial charge is 0.0542 e. The van der Waals surface area contributed by atoms with Gasteiger partial charge in [-0.2, -0.15) is 0 Å². The van der Waals surface area contributed by atoms with Crippen LogP contribution in [-0.4, -0.2) is 4.57 Å². The maximum absolute atomic E-state index is 2.58. The highest BCUT2D eigenvalue weighted by atomic mass is 15.2. The van der Waals surface area contributed by atoms with E-state index in [1.807, 2.05) is 0 Å². The van der Waals surface area contributed by atoms with Crippen molar-refractivity contribution in [2.24, 2.45) is 11.8 Å². The second kappa shape index (κ2) is 13.1. The van der Waals surface area contributed by atoms with Gasteiger partial charge in [-0.05, 0) is 145 Å². The first-order valence-electron chi connectivity index (χ1n) is 20.9. The van der Waals surface area contributed by atoms with Gasteiger partial charge in [-0.25, -0.2) is 0 Å². The normalized spacial score (nSPS) is 18.8. The highest BCUT2D eigenvalue weighted by Gasteiger charge is 2.62. The van der Waals surface area contributed by atoms with Crippen LogP contribution in [0.1, 0.15) is 35.1 Å². The van der Waals surface area contributed by atoms with Crippen LogP contribution in [0.25, 0.3) is 27.5 Å². The molecule has 1 spiro atoms. The van der Waals surface area contributed by atoms with Crippen LogP contribution in [0.15, 0.2) is 200 Å². The Labute approximate surface area is 340 Å². The molecular weight excluding hydrogens is 703 g/mol. The Balaban J connectivity index is 1.11. The third kappa shape index (κ3) is 4.80. The number of hydrogen-bond donors (Lipinski definition) is 0. The molecule has 3 nitrogen and oxygen atoms in total. The molecule has 0 radical (unpaired) electrons. The molecular formula is C55H43N3. The third-order valence-corrected chi connectivity index (χ3v) is 13.6. The summed E-state index contributed by atoms with van der Waals surface area (Å²) < 4.78 is 2.41. The van der Waals surface area contributed by atoms with Gasteiger partial charge in [0.1, 0.15) is 0 Å². The van der Waals surface area contributed by atoms with Crippen molar-refractivity contribution in [3.8, 4) is 5.69 Å². The molecule has 3 aliphatic carbocycles. The van der Waals surface area contributed by atoms with E-state index < -0.39 is 0 Å². The predicted octanol–water partition coefficient (Wildman–Crippen LogP) is 14.1. The van der Waals surface area contributed by atoms with Gasteiger partial charge < -0.3 is 14.4 Å². The molecule has 0 bridgehead atoms. The number of hydrogen-bond acceptors (Lipinski definition) is 2. The topological polar surface area (TPSA) is 11.4 Å². The van der Waals surface area contributed by atoms with Crippen LogP contribution in [0.4, 0.5) is 34.1 Å². The summed E-state index contributed by atoms with van der Waals surface area (Å²) in [6.07, 6.45) is 4.72. The summed E-state index contributed by atoms with van der Waals surface area (Å²) in [6.45, 7) is 0. The Bertz CT molecular complexity index is 2920. The summed E-state index contributed by atoms with van der Waals surface area (Å²) in [5.74, 6) is 1.07. The minimum Gasteiger partial charge on any atom is -0.310 e. The summed E-state index contributed by atoms with van der Waals surface area (Å²) in [5.41, 5.74) is 16.9. The van der Waals surface area contributed by atoms with Gasteiger partial charge in [-0.1, -0.05) is 115 Å². The highest BCUT2D eigenvalue weighted by molar-refractivity contribution is 6.10. The van der Waals surface area contributed by atoms with E-state index in [2.05, 4.69) is 215 Å². The number of para-hydroxylation sites is 5. The molecule has 9 aromatic rings. The maximum atomic E-state index is 2.58. The van der Waals surface area contributed by atoms with E-state index in [4.69, 9.17) is 0 Å². The molecule has 0 aliphatic heterocycles. The third-order valence-electron chi connectivity index (χ3n) is 13.6. The van der Waals surface area contributed by atoms with Crippen LogP contribution in [0.5, 0.6) is 0 Å². The number of rotatable bonds is 7. The minimum absolute atomic E-state index is 0.111. The summed E-state index contributed by atoms with van der Waals surface area (Å²) in [5, 5.41) is 2.52. The highest BCUT2D eigenvalue weighted by Crippen LogP contribution is 2.68. The van der Waals surface area contributed by atoms with Crippen LogP contribution in [-0.2, 0) is 18.3 Å². The van der Waals surface area contributed by atoms with Gasteiger partial charge in [0.2, 0.25) is 0 Å². The average Bonchev–Trinajstić information content (AvgIpc) is 4.01. The molecule has 3 unspecified atom stereocenters. The molecule has 8 aromatic carbocycles. The number of benzene rings is 8. The van der Waals surface area contributed by atoms with E-state index in [0.717, 1.165) is 12.8 Å². The van der Waals surface area contributed by atoms with Crippen molar-refractivity contribution >= 4 is 55.9 Å². The van der Waals surface area contributed by atoms with Gasteiger partial charge in [-0.3, -0.25) is 0 Å². The molecule has 1 aromatic heterocycles. The number of fused-ring (bicyclic) bond motifs is 5.